The number of carboxylic acids is 1. The zero-order valence-corrected chi connectivity index (χ0v) is 19.7. The van der Waals surface area contributed by atoms with Gasteiger partial charge in [0.05, 0.1) is 5.92 Å². The van der Waals surface area contributed by atoms with Gasteiger partial charge in [0.2, 0.25) is 5.91 Å². The monoisotopic (exact) mass is 474 g/mol. The fourth-order valence-electron chi connectivity index (χ4n) is 5.91. The van der Waals surface area contributed by atoms with E-state index in [0.717, 1.165) is 17.5 Å². The van der Waals surface area contributed by atoms with Gasteiger partial charge < -0.3 is 20.5 Å². The molecule has 0 aromatic heterocycles. The van der Waals surface area contributed by atoms with Gasteiger partial charge >= 0.3 is 12.1 Å². The third-order valence-corrected chi connectivity index (χ3v) is 7.85. The standard InChI is InChI=1S/C28H30N2O5/c1-16(26(31)30-25-14-17-12-18(27(32)33)13-23(17)25)10-11-29-28(34)35-15-24-21-8-4-2-6-19(21)20-7-3-5-9-22(20)24/h2-10,17-18,23-25H,11-15H2,1H3,(H,29,34)(H,30,31)(H,32,33)/b16-10+. The Morgan fingerprint density at radius 1 is 1.00 bits per heavy atom. The first-order chi connectivity index (χ1) is 16.9. The Labute approximate surface area is 204 Å². The van der Waals surface area contributed by atoms with Gasteiger partial charge in [-0.05, 0) is 60.3 Å². The molecule has 4 atom stereocenters. The van der Waals surface area contributed by atoms with Crippen LogP contribution in [0.2, 0.25) is 0 Å². The van der Waals surface area contributed by atoms with Crippen molar-refractivity contribution in [2.75, 3.05) is 13.2 Å². The van der Waals surface area contributed by atoms with Gasteiger partial charge in [-0.1, -0.05) is 54.6 Å². The number of rotatable bonds is 7. The van der Waals surface area contributed by atoms with Crippen LogP contribution in [-0.4, -0.2) is 42.3 Å². The molecular formula is C28H30N2O5. The van der Waals surface area contributed by atoms with Gasteiger partial charge in [-0.15, -0.1) is 0 Å². The van der Waals surface area contributed by atoms with E-state index in [1.54, 1.807) is 13.0 Å². The number of hydrogen-bond donors (Lipinski definition) is 3. The molecule has 0 heterocycles. The van der Waals surface area contributed by atoms with Gasteiger partial charge in [-0.3, -0.25) is 9.59 Å². The van der Waals surface area contributed by atoms with E-state index >= 15 is 0 Å². The number of aliphatic carboxylic acids is 1. The van der Waals surface area contributed by atoms with Crippen LogP contribution < -0.4 is 10.6 Å². The Hall–Kier alpha value is -3.61. The third-order valence-electron chi connectivity index (χ3n) is 7.85. The summed E-state index contributed by atoms with van der Waals surface area (Å²) in [6, 6.07) is 16.4. The normalized spacial score (nSPS) is 24.5. The van der Waals surface area contributed by atoms with E-state index in [-0.39, 0.29) is 42.9 Å². The average molecular weight is 475 g/mol. The van der Waals surface area contributed by atoms with Crippen LogP contribution in [-0.2, 0) is 14.3 Å². The lowest BCUT2D eigenvalue weighted by Gasteiger charge is -2.40. The highest BCUT2D eigenvalue weighted by molar-refractivity contribution is 5.93. The molecule has 35 heavy (non-hydrogen) atoms. The van der Waals surface area contributed by atoms with Crippen molar-refractivity contribution in [3.05, 3.63) is 71.3 Å². The lowest BCUT2D eigenvalue weighted by molar-refractivity contribution is -0.141. The smallest absolute Gasteiger partial charge is 0.407 e. The first kappa shape index (κ1) is 23.1. The van der Waals surface area contributed by atoms with Gasteiger partial charge in [0.1, 0.15) is 6.61 Å². The summed E-state index contributed by atoms with van der Waals surface area (Å²) < 4.78 is 5.52. The van der Waals surface area contributed by atoms with Crippen molar-refractivity contribution in [2.24, 2.45) is 17.8 Å². The molecule has 3 N–H and O–H groups in total. The summed E-state index contributed by atoms with van der Waals surface area (Å²) in [4.78, 5) is 36.0. The fourth-order valence-corrected chi connectivity index (χ4v) is 5.91. The highest BCUT2D eigenvalue weighted by atomic mass is 16.5. The zero-order chi connectivity index (χ0) is 24.5. The molecule has 2 aromatic rings. The lowest BCUT2D eigenvalue weighted by Crippen LogP contribution is -2.50. The maximum atomic E-state index is 12.5. The summed E-state index contributed by atoms with van der Waals surface area (Å²) >= 11 is 0. The van der Waals surface area contributed by atoms with Crippen molar-refractivity contribution < 1.29 is 24.2 Å². The number of fused-ring (bicyclic) bond motifs is 4. The second kappa shape index (κ2) is 9.56. The van der Waals surface area contributed by atoms with Gasteiger partial charge in [-0.2, -0.15) is 0 Å². The predicted octanol–water partition coefficient (Wildman–Crippen LogP) is 4.09. The highest BCUT2D eigenvalue weighted by Gasteiger charge is 2.49. The van der Waals surface area contributed by atoms with Crippen molar-refractivity contribution in [2.45, 2.75) is 38.1 Å². The van der Waals surface area contributed by atoms with Crippen LogP contribution in [0.4, 0.5) is 4.79 Å². The molecular weight excluding hydrogens is 444 g/mol. The first-order valence-electron chi connectivity index (χ1n) is 12.2. The molecule has 5 rings (SSSR count). The fraction of sp³-hybridized carbons (Fsp3) is 0.393. The van der Waals surface area contributed by atoms with E-state index in [1.807, 2.05) is 24.3 Å². The number of nitrogens with one attached hydrogen (secondary N) is 2. The van der Waals surface area contributed by atoms with Crippen LogP contribution in [0.1, 0.15) is 43.2 Å². The lowest BCUT2D eigenvalue weighted by atomic mass is 9.71. The van der Waals surface area contributed by atoms with E-state index < -0.39 is 12.1 Å². The van der Waals surface area contributed by atoms with Crippen LogP contribution in [0.25, 0.3) is 11.1 Å². The number of carboxylic acid groups (broad SMARTS) is 1. The molecule has 7 heteroatoms. The number of hydrogen-bond acceptors (Lipinski definition) is 4. The molecule has 0 bridgehead atoms. The summed E-state index contributed by atoms with van der Waals surface area (Å²) in [5, 5.41) is 14.9. The summed E-state index contributed by atoms with van der Waals surface area (Å²) in [6.07, 6.45) is 3.33. The Bertz CT molecular complexity index is 1140. The molecule has 4 unspecified atom stereocenters. The minimum absolute atomic E-state index is 0.00109. The second-order valence-corrected chi connectivity index (χ2v) is 9.84. The number of amides is 2. The van der Waals surface area contributed by atoms with E-state index in [1.165, 1.54) is 11.1 Å². The van der Waals surface area contributed by atoms with E-state index in [4.69, 9.17) is 4.74 Å². The van der Waals surface area contributed by atoms with Gasteiger partial charge in [-0.25, -0.2) is 4.79 Å². The molecule has 3 aliphatic rings. The minimum atomic E-state index is -0.736. The maximum Gasteiger partial charge on any atom is 0.407 e. The average Bonchev–Trinajstić information content (AvgIpc) is 3.36. The maximum absolute atomic E-state index is 12.5. The summed E-state index contributed by atoms with van der Waals surface area (Å²) in [6.45, 7) is 2.14. The van der Waals surface area contributed by atoms with E-state index in [2.05, 4.69) is 34.9 Å². The van der Waals surface area contributed by atoms with E-state index in [0.29, 0.717) is 24.3 Å². The Kier molecular flexibility index (Phi) is 6.32. The number of benzene rings is 2. The van der Waals surface area contributed by atoms with Crippen LogP contribution in [0.3, 0.4) is 0 Å². The third kappa shape index (κ3) is 4.55. The van der Waals surface area contributed by atoms with Gasteiger partial charge in [0, 0.05) is 24.1 Å². The number of carbonyl (C=O) groups excluding carboxylic acids is 2. The van der Waals surface area contributed by atoms with Crippen LogP contribution >= 0.6 is 0 Å². The minimum Gasteiger partial charge on any atom is -0.481 e. The summed E-state index contributed by atoms with van der Waals surface area (Å²) in [5.74, 6) is -0.544. The summed E-state index contributed by atoms with van der Waals surface area (Å²) in [5.41, 5.74) is 5.18. The van der Waals surface area contributed by atoms with Gasteiger partial charge in [0.25, 0.3) is 0 Å². The van der Waals surface area contributed by atoms with Crippen molar-refractivity contribution in [3.8, 4) is 11.1 Å². The second-order valence-electron chi connectivity index (χ2n) is 9.84. The number of ether oxygens (including phenoxy) is 1. The van der Waals surface area contributed by atoms with Crippen LogP contribution in [0, 0.1) is 17.8 Å². The molecule has 0 spiro atoms. The van der Waals surface area contributed by atoms with E-state index in [9.17, 15) is 19.5 Å². The number of carbonyl (C=O) groups is 3. The van der Waals surface area contributed by atoms with Crippen molar-refractivity contribution in [1.29, 1.82) is 0 Å². The molecule has 0 saturated heterocycles. The molecule has 0 aliphatic heterocycles. The molecule has 0 radical (unpaired) electrons. The van der Waals surface area contributed by atoms with Crippen LogP contribution in [0.5, 0.6) is 0 Å². The molecule has 2 saturated carbocycles. The molecule has 3 aliphatic carbocycles. The molecule has 2 fully saturated rings. The predicted molar refractivity (Wildman–Crippen MR) is 131 cm³/mol. The molecule has 2 aromatic carbocycles. The number of alkyl carbamates (subject to hydrolysis) is 1. The van der Waals surface area contributed by atoms with Crippen molar-refractivity contribution >= 4 is 18.0 Å². The van der Waals surface area contributed by atoms with Crippen molar-refractivity contribution in [3.63, 3.8) is 0 Å². The molecule has 2 amide bonds. The summed E-state index contributed by atoms with van der Waals surface area (Å²) in [7, 11) is 0. The molecule has 7 nitrogen and oxygen atoms in total. The van der Waals surface area contributed by atoms with Crippen LogP contribution in [0.15, 0.2) is 60.2 Å². The zero-order valence-electron chi connectivity index (χ0n) is 19.7. The Morgan fingerprint density at radius 3 is 2.31 bits per heavy atom. The SMILES string of the molecule is C/C(=C\CNC(=O)OCC1c2ccccc2-c2ccccc21)C(=O)NC1CC2CC(C(=O)O)CC21. The van der Waals surface area contributed by atoms with Gasteiger partial charge in [0.15, 0.2) is 0 Å². The topological polar surface area (TPSA) is 105 Å². The largest absolute Gasteiger partial charge is 0.481 e. The Morgan fingerprint density at radius 2 is 1.66 bits per heavy atom. The quantitative estimate of drug-likeness (QED) is 0.525. The van der Waals surface area contributed by atoms with Crippen molar-refractivity contribution in [1.82, 2.24) is 10.6 Å². The molecule has 182 valence electrons. The highest BCUT2D eigenvalue weighted by Crippen LogP contribution is 2.49. The Balaban J connectivity index is 1.08. The first-order valence-corrected chi connectivity index (χ1v) is 12.2.